The van der Waals surface area contributed by atoms with E-state index in [0.717, 1.165) is 48.2 Å². The second-order valence-corrected chi connectivity index (χ2v) is 8.88. The Balaban J connectivity index is 1.47. The number of carbonyl (C=O) groups is 1. The predicted octanol–water partition coefficient (Wildman–Crippen LogP) is 4.27. The first kappa shape index (κ1) is 19.4. The monoisotopic (exact) mass is 443 g/mol. The molecule has 1 aromatic heterocycles. The molecule has 0 unspecified atom stereocenters. The summed E-state index contributed by atoms with van der Waals surface area (Å²) >= 11 is 3.48. The molecule has 2 aliphatic rings. The van der Waals surface area contributed by atoms with Crippen LogP contribution in [0.25, 0.3) is 0 Å². The largest absolute Gasteiger partial charge is 0.372 e. The number of aromatic nitrogens is 1. The third kappa shape index (κ3) is 3.94. The summed E-state index contributed by atoms with van der Waals surface area (Å²) in [6, 6.07) is 12.0. The minimum atomic E-state index is -0.258. The van der Waals surface area contributed by atoms with Crippen LogP contribution >= 0.6 is 15.9 Å². The van der Waals surface area contributed by atoms with Crippen molar-refractivity contribution in [2.75, 3.05) is 18.0 Å². The van der Waals surface area contributed by atoms with E-state index >= 15 is 0 Å². The summed E-state index contributed by atoms with van der Waals surface area (Å²) in [4.78, 5) is 19.7. The number of carbonyl (C=O) groups excluding carboxylic acids is 1. The molecule has 148 valence electrons. The highest BCUT2D eigenvalue weighted by Crippen LogP contribution is 2.41. The van der Waals surface area contributed by atoms with E-state index < -0.39 is 0 Å². The average molecular weight is 444 g/mol. The lowest BCUT2D eigenvalue weighted by molar-refractivity contribution is -0.00546. The normalized spacial score (nSPS) is 23.8. The van der Waals surface area contributed by atoms with Gasteiger partial charge in [0.1, 0.15) is 5.82 Å². The van der Waals surface area contributed by atoms with Gasteiger partial charge in [-0.3, -0.25) is 4.79 Å². The molecule has 2 heterocycles. The Bertz CT molecular complexity index is 824. The topological polar surface area (TPSA) is 54.5 Å². The first-order chi connectivity index (χ1) is 13.4. The van der Waals surface area contributed by atoms with Crippen LogP contribution in [0.15, 0.2) is 47.1 Å². The Morgan fingerprint density at radius 1 is 1.14 bits per heavy atom. The standard InChI is InChI=1S/C22H26BrN3O2/c1-15-13-26(14-16(2)28-15)20-9-4-17(12-24-20)21(27)25-22(10-3-11-22)18-5-7-19(23)8-6-18/h4-9,12,15-16H,3,10-11,13-14H2,1-2H3,(H,25,27)/t15-,16-/m0/s1. The molecular weight excluding hydrogens is 418 g/mol. The molecular formula is C22H26BrN3O2. The minimum absolute atomic E-state index is 0.0645. The Morgan fingerprint density at radius 2 is 1.82 bits per heavy atom. The molecule has 1 aliphatic carbocycles. The van der Waals surface area contributed by atoms with Crippen molar-refractivity contribution in [3.05, 3.63) is 58.2 Å². The summed E-state index contributed by atoms with van der Waals surface area (Å²) in [6.07, 6.45) is 5.10. The molecule has 1 saturated carbocycles. The summed E-state index contributed by atoms with van der Waals surface area (Å²) < 4.78 is 6.83. The van der Waals surface area contributed by atoms with Crippen molar-refractivity contribution in [1.29, 1.82) is 0 Å². The number of hydrogen-bond donors (Lipinski definition) is 1. The first-order valence-corrected chi connectivity index (χ1v) is 10.7. The fourth-order valence-electron chi connectivity index (χ4n) is 4.15. The van der Waals surface area contributed by atoms with Gasteiger partial charge in [-0.1, -0.05) is 28.1 Å². The van der Waals surface area contributed by atoms with Gasteiger partial charge in [0.2, 0.25) is 0 Å². The van der Waals surface area contributed by atoms with Gasteiger partial charge in [0.25, 0.3) is 5.91 Å². The maximum atomic E-state index is 12.9. The number of anilines is 1. The highest BCUT2D eigenvalue weighted by molar-refractivity contribution is 9.10. The zero-order valence-corrected chi connectivity index (χ0v) is 17.9. The van der Waals surface area contributed by atoms with Crippen LogP contribution in [-0.2, 0) is 10.3 Å². The zero-order valence-electron chi connectivity index (χ0n) is 16.3. The van der Waals surface area contributed by atoms with Gasteiger partial charge in [-0.15, -0.1) is 0 Å². The molecule has 6 heteroatoms. The van der Waals surface area contributed by atoms with Crippen LogP contribution in [0.5, 0.6) is 0 Å². The lowest BCUT2D eigenvalue weighted by Gasteiger charge is -2.43. The average Bonchev–Trinajstić information content (AvgIpc) is 2.65. The van der Waals surface area contributed by atoms with E-state index in [1.54, 1.807) is 6.20 Å². The van der Waals surface area contributed by atoms with Crippen molar-refractivity contribution < 1.29 is 9.53 Å². The van der Waals surface area contributed by atoms with E-state index in [2.05, 4.69) is 57.1 Å². The summed E-state index contributed by atoms with van der Waals surface area (Å²) in [6.45, 7) is 5.78. The highest BCUT2D eigenvalue weighted by atomic mass is 79.9. The number of nitrogens with zero attached hydrogens (tertiary/aromatic N) is 2. The number of rotatable bonds is 4. The Labute approximate surface area is 174 Å². The fourth-order valence-corrected chi connectivity index (χ4v) is 4.41. The van der Waals surface area contributed by atoms with E-state index in [4.69, 9.17) is 4.74 Å². The van der Waals surface area contributed by atoms with Gasteiger partial charge in [-0.05, 0) is 62.9 Å². The molecule has 1 N–H and O–H groups in total. The van der Waals surface area contributed by atoms with Gasteiger partial charge in [-0.2, -0.15) is 0 Å². The van der Waals surface area contributed by atoms with Gasteiger partial charge in [-0.25, -0.2) is 4.98 Å². The van der Waals surface area contributed by atoms with Crippen LogP contribution < -0.4 is 10.2 Å². The van der Waals surface area contributed by atoms with Crippen LogP contribution in [0.4, 0.5) is 5.82 Å². The molecule has 1 saturated heterocycles. The maximum Gasteiger partial charge on any atom is 0.253 e. The van der Waals surface area contributed by atoms with Gasteiger partial charge in [0, 0.05) is 23.8 Å². The number of hydrogen-bond acceptors (Lipinski definition) is 4. The fraction of sp³-hybridized carbons (Fsp3) is 0.455. The molecule has 2 aromatic rings. The molecule has 5 nitrogen and oxygen atoms in total. The Morgan fingerprint density at radius 3 is 2.36 bits per heavy atom. The van der Waals surface area contributed by atoms with Crippen LogP contribution in [0, 0.1) is 0 Å². The number of pyridine rings is 1. The molecule has 2 atom stereocenters. The third-order valence-electron chi connectivity index (χ3n) is 5.71. The number of halogens is 1. The predicted molar refractivity (Wildman–Crippen MR) is 114 cm³/mol. The number of benzene rings is 1. The van der Waals surface area contributed by atoms with E-state index in [1.807, 2.05) is 24.3 Å². The van der Waals surface area contributed by atoms with Crippen molar-refractivity contribution in [2.24, 2.45) is 0 Å². The molecule has 0 spiro atoms. The van der Waals surface area contributed by atoms with Crippen molar-refractivity contribution in [3.63, 3.8) is 0 Å². The second-order valence-electron chi connectivity index (χ2n) is 7.96. The molecule has 1 aromatic carbocycles. The summed E-state index contributed by atoms with van der Waals surface area (Å²) in [5, 5.41) is 3.27. The first-order valence-electron chi connectivity index (χ1n) is 9.90. The lowest BCUT2D eigenvalue weighted by atomic mass is 9.71. The molecule has 0 bridgehead atoms. The number of nitrogens with one attached hydrogen (secondary N) is 1. The van der Waals surface area contributed by atoms with Crippen LogP contribution in [-0.4, -0.2) is 36.2 Å². The van der Waals surface area contributed by atoms with E-state index in [9.17, 15) is 4.79 Å². The molecule has 1 amide bonds. The quantitative estimate of drug-likeness (QED) is 0.766. The number of ether oxygens (including phenoxy) is 1. The Hall–Kier alpha value is -1.92. The lowest BCUT2D eigenvalue weighted by Crippen LogP contribution is -2.50. The van der Waals surface area contributed by atoms with Crippen molar-refractivity contribution in [1.82, 2.24) is 10.3 Å². The third-order valence-corrected chi connectivity index (χ3v) is 6.24. The zero-order chi connectivity index (χ0) is 19.7. The summed E-state index contributed by atoms with van der Waals surface area (Å²) in [7, 11) is 0. The van der Waals surface area contributed by atoms with Gasteiger partial charge in [0.05, 0.1) is 23.3 Å². The van der Waals surface area contributed by atoms with E-state index in [1.165, 1.54) is 0 Å². The smallest absolute Gasteiger partial charge is 0.253 e. The number of morpholine rings is 1. The molecule has 1 aliphatic heterocycles. The number of amides is 1. The Kier molecular flexibility index (Phi) is 5.43. The molecule has 28 heavy (non-hydrogen) atoms. The van der Waals surface area contributed by atoms with Crippen LogP contribution in [0.1, 0.15) is 49.0 Å². The van der Waals surface area contributed by atoms with Crippen molar-refractivity contribution in [2.45, 2.75) is 50.9 Å². The second kappa shape index (κ2) is 7.84. The van der Waals surface area contributed by atoms with Crippen LogP contribution in [0.3, 0.4) is 0 Å². The SMILES string of the molecule is C[C@H]1CN(c2ccc(C(=O)NC3(c4ccc(Br)cc4)CCC3)cn2)C[C@H](C)O1. The van der Waals surface area contributed by atoms with Crippen LogP contribution in [0.2, 0.25) is 0 Å². The molecule has 4 rings (SSSR count). The minimum Gasteiger partial charge on any atom is -0.372 e. The molecule has 0 radical (unpaired) electrons. The van der Waals surface area contributed by atoms with Crippen molar-refractivity contribution >= 4 is 27.7 Å². The van der Waals surface area contributed by atoms with E-state index in [0.29, 0.717) is 5.56 Å². The van der Waals surface area contributed by atoms with Crippen molar-refractivity contribution in [3.8, 4) is 0 Å². The summed E-state index contributed by atoms with van der Waals surface area (Å²) in [5.74, 6) is 0.829. The van der Waals surface area contributed by atoms with Gasteiger partial charge in [0.15, 0.2) is 0 Å². The van der Waals surface area contributed by atoms with E-state index in [-0.39, 0.29) is 23.7 Å². The maximum absolute atomic E-state index is 12.9. The highest BCUT2D eigenvalue weighted by Gasteiger charge is 2.40. The van der Waals surface area contributed by atoms with Gasteiger partial charge < -0.3 is 15.0 Å². The van der Waals surface area contributed by atoms with Gasteiger partial charge >= 0.3 is 0 Å². The molecule has 2 fully saturated rings. The summed E-state index contributed by atoms with van der Waals surface area (Å²) in [5.41, 5.74) is 1.50.